The topological polar surface area (TPSA) is 99.1 Å². The normalized spacial score (nSPS) is 21.8. The molecule has 10 heteroatoms. The molecule has 1 aromatic heterocycles. The number of fused-ring (bicyclic) bond motifs is 3. The molecule has 0 radical (unpaired) electrons. The number of carbonyl (C=O) groups excluding carboxylic acids is 1. The highest BCUT2D eigenvalue weighted by Gasteiger charge is 2.51. The van der Waals surface area contributed by atoms with Gasteiger partial charge >= 0.3 is 0 Å². The molecule has 2 saturated heterocycles. The number of halogens is 1. The molecule has 2 atom stereocenters. The molecule has 3 aliphatic rings. The first-order valence-electron chi connectivity index (χ1n) is 16.2. The average Bonchev–Trinajstić information content (AvgIpc) is 3.49. The summed E-state index contributed by atoms with van der Waals surface area (Å²) in [5.41, 5.74) is -0.381. The molecule has 2 fully saturated rings. The zero-order valence-corrected chi connectivity index (χ0v) is 27.1. The van der Waals surface area contributed by atoms with Crippen LogP contribution in [-0.2, 0) is 0 Å². The number of anilines is 1. The average molecular weight is 628 g/mol. The van der Waals surface area contributed by atoms with Gasteiger partial charge in [-0.1, -0.05) is 24.3 Å². The first-order chi connectivity index (χ1) is 21.9. The number of hydrogen-bond donors (Lipinski definition) is 3. The summed E-state index contributed by atoms with van der Waals surface area (Å²) in [4.78, 5) is 29.7. The largest absolute Gasteiger partial charge is 0.451 e. The number of benzene rings is 3. The Morgan fingerprint density at radius 2 is 1.87 bits per heavy atom. The molecule has 4 heterocycles. The molecule has 4 aromatic rings. The number of hydrogen-bond acceptors (Lipinski definition) is 7. The molecule has 0 saturated carbocycles. The summed E-state index contributed by atoms with van der Waals surface area (Å²) in [7, 11) is 2.09. The van der Waals surface area contributed by atoms with Crippen molar-refractivity contribution in [2.75, 3.05) is 32.0 Å². The molecule has 0 aliphatic carbocycles. The van der Waals surface area contributed by atoms with E-state index in [1.807, 2.05) is 64.1 Å². The lowest BCUT2D eigenvalue weighted by Gasteiger charge is -2.36. The lowest BCUT2D eigenvalue weighted by molar-refractivity contribution is -0.196. The summed E-state index contributed by atoms with van der Waals surface area (Å²) in [6, 6.07) is 13.3. The molecule has 7 rings (SSSR count). The van der Waals surface area contributed by atoms with Crippen LogP contribution in [0.5, 0.6) is 11.5 Å². The smallest absolute Gasteiger partial charge is 0.256 e. The van der Waals surface area contributed by atoms with Crippen molar-refractivity contribution in [3.63, 3.8) is 0 Å². The van der Waals surface area contributed by atoms with Crippen LogP contribution in [0.4, 0.5) is 10.1 Å². The van der Waals surface area contributed by atoms with Crippen molar-refractivity contribution < 1.29 is 19.1 Å². The molecule has 0 bridgehead atoms. The van der Waals surface area contributed by atoms with Crippen LogP contribution in [-0.4, -0.2) is 69.4 Å². The summed E-state index contributed by atoms with van der Waals surface area (Å²) in [5, 5.41) is 20.5. The maximum atomic E-state index is 16.1. The summed E-state index contributed by atoms with van der Waals surface area (Å²) in [6.45, 7) is 9.78. The second kappa shape index (κ2) is 11.1. The Hall–Kier alpha value is -3.99. The summed E-state index contributed by atoms with van der Waals surface area (Å²) in [5.74, 6) is -0.444. The van der Waals surface area contributed by atoms with E-state index in [0.29, 0.717) is 42.5 Å². The second-order valence-corrected chi connectivity index (χ2v) is 14.4. The van der Waals surface area contributed by atoms with Crippen LogP contribution in [0.15, 0.2) is 53.5 Å². The van der Waals surface area contributed by atoms with Gasteiger partial charge in [-0.15, -0.1) is 0 Å². The Bertz CT molecular complexity index is 1940. The van der Waals surface area contributed by atoms with Crippen LogP contribution < -0.4 is 20.8 Å². The number of nitrogens with zero attached hydrogens (tertiary/aromatic N) is 3. The van der Waals surface area contributed by atoms with E-state index in [1.54, 1.807) is 10.8 Å². The number of nitrogens with one attached hydrogen (secondary N) is 2. The number of hydroxylamine groups is 2. The highest BCUT2D eigenvalue weighted by Crippen LogP contribution is 2.48. The zero-order valence-electron chi connectivity index (χ0n) is 27.1. The van der Waals surface area contributed by atoms with Crippen LogP contribution >= 0.6 is 0 Å². The van der Waals surface area contributed by atoms with Crippen LogP contribution in [0.3, 0.4) is 0 Å². The van der Waals surface area contributed by atoms with E-state index in [1.165, 1.54) is 11.1 Å². The van der Waals surface area contributed by atoms with E-state index in [0.717, 1.165) is 36.6 Å². The van der Waals surface area contributed by atoms with Crippen LogP contribution in [0.25, 0.3) is 27.4 Å². The van der Waals surface area contributed by atoms with Gasteiger partial charge in [0.05, 0.1) is 11.1 Å². The number of rotatable bonds is 7. The van der Waals surface area contributed by atoms with Gasteiger partial charge in [-0.25, -0.2) is 4.39 Å². The highest BCUT2D eigenvalue weighted by molar-refractivity contribution is 6.02. The molecule has 9 nitrogen and oxygen atoms in total. The van der Waals surface area contributed by atoms with Crippen molar-refractivity contribution in [3.8, 4) is 17.2 Å². The Kier molecular flexibility index (Phi) is 7.38. The molecule has 3 N–H and O–H groups in total. The third-order valence-electron chi connectivity index (χ3n) is 10.6. The molecule has 46 heavy (non-hydrogen) atoms. The molecule has 242 valence electrons. The molecule has 1 amide bonds. The third kappa shape index (κ3) is 4.94. The lowest BCUT2D eigenvalue weighted by Crippen LogP contribution is -2.48. The number of aromatic nitrogens is 1. The maximum Gasteiger partial charge on any atom is 0.256 e. The molecule has 2 unspecified atom stereocenters. The van der Waals surface area contributed by atoms with Gasteiger partial charge in [0.15, 0.2) is 17.3 Å². The van der Waals surface area contributed by atoms with Gasteiger partial charge in [0.1, 0.15) is 16.8 Å². The molecule has 3 aromatic carbocycles. The summed E-state index contributed by atoms with van der Waals surface area (Å²) >= 11 is 0. The molecular weight excluding hydrogens is 585 g/mol. The first kappa shape index (κ1) is 30.7. The van der Waals surface area contributed by atoms with E-state index in [-0.39, 0.29) is 28.3 Å². The minimum Gasteiger partial charge on any atom is -0.451 e. The van der Waals surface area contributed by atoms with Crippen LogP contribution in [0, 0.1) is 11.7 Å². The van der Waals surface area contributed by atoms with Crippen molar-refractivity contribution in [1.82, 2.24) is 19.8 Å². The second-order valence-electron chi connectivity index (χ2n) is 14.4. The van der Waals surface area contributed by atoms with Gasteiger partial charge in [-0.3, -0.25) is 9.59 Å². The Labute approximate surface area is 267 Å². The van der Waals surface area contributed by atoms with Gasteiger partial charge in [0.25, 0.3) is 5.91 Å². The maximum absolute atomic E-state index is 16.1. The number of amides is 1. The third-order valence-corrected chi connectivity index (χ3v) is 10.6. The zero-order chi connectivity index (χ0) is 32.5. The SMILES string of the molecule is CN1CCCC1CCNC(=O)c1cn2c3c(c(NCC4CC(C)(C)N(O)C4(C)C)c(F)cc3c1=O)Oc1cc3ccccc3cc1-2. The molecule has 3 aliphatic heterocycles. The van der Waals surface area contributed by atoms with Crippen molar-refractivity contribution in [3.05, 3.63) is 70.3 Å². The van der Waals surface area contributed by atoms with Crippen molar-refractivity contribution in [1.29, 1.82) is 0 Å². The highest BCUT2D eigenvalue weighted by atomic mass is 19.1. The fourth-order valence-corrected chi connectivity index (χ4v) is 7.86. The number of ether oxygens (including phenoxy) is 1. The number of carbonyl (C=O) groups is 1. The van der Waals surface area contributed by atoms with Gasteiger partial charge in [0.2, 0.25) is 5.43 Å². The fraction of sp³-hybridized carbons (Fsp3) is 0.444. The number of likely N-dealkylation sites (tertiary alicyclic amines) is 1. The van der Waals surface area contributed by atoms with Crippen LogP contribution in [0.2, 0.25) is 0 Å². The Morgan fingerprint density at radius 3 is 2.54 bits per heavy atom. The van der Waals surface area contributed by atoms with Crippen molar-refractivity contribution >= 4 is 33.3 Å². The van der Waals surface area contributed by atoms with Gasteiger partial charge in [-0.05, 0) is 102 Å². The monoisotopic (exact) mass is 627 g/mol. The van der Waals surface area contributed by atoms with E-state index in [9.17, 15) is 14.8 Å². The first-order valence-corrected chi connectivity index (χ1v) is 16.2. The van der Waals surface area contributed by atoms with Gasteiger partial charge < -0.3 is 30.0 Å². The van der Waals surface area contributed by atoms with Crippen molar-refractivity contribution in [2.24, 2.45) is 5.92 Å². The standard InChI is InChI=1S/C36H42FN5O4/c1-35(2)18-23(36(3,4)42(35)45)19-39-30-27(37)17-25-31-33(30)46-29-16-22-10-7-6-9-21(22)15-28(29)41(31)20-26(32(25)43)34(44)38-13-12-24-11-8-14-40(24)5/h6-7,9-10,15-17,20,23-24,39,45H,8,11-14,18-19H2,1-5H3,(H,38,44). The summed E-state index contributed by atoms with van der Waals surface area (Å²) in [6.07, 6.45) is 5.29. The van der Waals surface area contributed by atoms with E-state index in [4.69, 9.17) is 4.74 Å². The van der Waals surface area contributed by atoms with E-state index >= 15 is 4.39 Å². The van der Waals surface area contributed by atoms with E-state index in [2.05, 4.69) is 22.6 Å². The fourth-order valence-electron chi connectivity index (χ4n) is 7.86. The number of pyridine rings is 1. The predicted molar refractivity (Wildman–Crippen MR) is 178 cm³/mol. The predicted octanol–water partition coefficient (Wildman–Crippen LogP) is 6.28. The molecular formula is C36H42FN5O4. The summed E-state index contributed by atoms with van der Waals surface area (Å²) < 4.78 is 24.4. The van der Waals surface area contributed by atoms with Crippen molar-refractivity contribution in [2.45, 2.75) is 70.5 Å². The van der Waals surface area contributed by atoms with Gasteiger partial charge in [0, 0.05) is 36.4 Å². The van der Waals surface area contributed by atoms with Gasteiger partial charge in [-0.2, -0.15) is 5.06 Å². The van der Waals surface area contributed by atoms with Crippen LogP contribution in [0.1, 0.15) is 63.7 Å². The lowest BCUT2D eigenvalue weighted by atomic mass is 9.87. The Morgan fingerprint density at radius 1 is 1.13 bits per heavy atom. The Balaban J connectivity index is 1.31. The minimum atomic E-state index is -0.645. The minimum absolute atomic E-state index is 0.00750. The quantitative estimate of drug-likeness (QED) is 0.195. The molecule has 0 spiro atoms. The van der Waals surface area contributed by atoms with E-state index < -0.39 is 28.2 Å².